The van der Waals surface area contributed by atoms with E-state index >= 15 is 0 Å². The van der Waals surface area contributed by atoms with Crippen molar-refractivity contribution in [2.24, 2.45) is 5.41 Å². The Morgan fingerprint density at radius 1 is 0.882 bits per heavy atom. The summed E-state index contributed by atoms with van der Waals surface area (Å²) in [4.78, 5) is 43.3. The zero-order valence-electron chi connectivity index (χ0n) is 18.2. The average molecular weight is 455 g/mol. The summed E-state index contributed by atoms with van der Waals surface area (Å²) in [6.45, 7) is 1.43. The van der Waals surface area contributed by atoms with Crippen LogP contribution in [-0.2, 0) is 4.79 Å². The summed E-state index contributed by atoms with van der Waals surface area (Å²) in [6.07, 6.45) is 3.43. The number of nitrogens with zero attached hydrogens (tertiary/aromatic N) is 1. The molecule has 1 spiro atoms. The molecule has 3 unspecified atom stereocenters. The minimum Gasteiger partial charge on any atom is -0.352 e. The van der Waals surface area contributed by atoms with Gasteiger partial charge in [-0.25, -0.2) is 8.78 Å². The minimum atomic E-state index is -1.61. The van der Waals surface area contributed by atoms with Gasteiger partial charge in [0, 0.05) is 28.3 Å². The maximum Gasteiger partial charge on any atom is 0.180 e. The van der Waals surface area contributed by atoms with E-state index in [1.54, 1.807) is 47.4 Å². The number of rotatable bonds is 2. The molecule has 1 fully saturated rings. The number of hydrogen-bond donors (Lipinski definition) is 0. The number of carbonyl (C=O) groups is 3. The Kier molecular flexibility index (Phi) is 4.27. The topological polar surface area (TPSA) is 54.5 Å². The van der Waals surface area contributed by atoms with E-state index in [2.05, 4.69) is 0 Å². The molecule has 0 bridgehead atoms. The molecule has 0 saturated carbocycles. The maximum absolute atomic E-state index is 14.1. The summed E-state index contributed by atoms with van der Waals surface area (Å²) in [5.74, 6) is -2.68. The largest absolute Gasteiger partial charge is 0.352 e. The van der Waals surface area contributed by atoms with Crippen molar-refractivity contribution in [1.29, 1.82) is 0 Å². The number of Topliss-reactive ketones (excluding diaryl/α,β-unsaturated/α-hetero) is 3. The van der Waals surface area contributed by atoms with Crippen LogP contribution in [0.25, 0.3) is 6.08 Å². The molecule has 0 N–H and O–H groups in total. The standard InChI is InChI=1S/C28H19F2NO3/c1-15(32)25-24(16-6-9-18(29)10-7-16)28(26(33)20-4-2-3-5-21(20)27(28)34)23-13-8-17-14-19(30)11-12-22(17)31(23)25/h2-14,23-25H,1H3. The Balaban J connectivity index is 1.68. The van der Waals surface area contributed by atoms with Crippen molar-refractivity contribution in [3.8, 4) is 0 Å². The smallest absolute Gasteiger partial charge is 0.180 e. The number of fused-ring (bicyclic) bond motifs is 5. The first kappa shape index (κ1) is 20.7. The second-order valence-electron chi connectivity index (χ2n) is 9.07. The lowest BCUT2D eigenvalue weighted by atomic mass is 9.64. The molecule has 2 heterocycles. The van der Waals surface area contributed by atoms with E-state index in [0.717, 1.165) is 0 Å². The van der Waals surface area contributed by atoms with Crippen molar-refractivity contribution in [3.63, 3.8) is 0 Å². The van der Waals surface area contributed by atoms with E-state index in [4.69, 9.17) is 0 Å². The van der Waals surface area contributed by atoms with Crippen LogP contribution >= 0.6 is 0 Å². The second kappa shape index (κ2) is 7.03. The molecule has 4 nitrogen and oxygen atoms in total. The number of hydrogen-bond acceptors (Lipinski definition) is 4. The zero-order chi connectivity index (χ0) is 23.8. The fraction of sp³-hybridized carbons (Fsp3) is 0.179. The van der Waals surface area contributed by atoms with Gasteiger partial charge in [-0.1, -0.05) is 48.6 Å². The molecule has 0 radical (unpaired) electrons. The molecule has 3 aromatic carbocycles. The lowest BCUT2D eigenvalue weighted by Crippen LogP contribution is -2.48. The van der Waals surface area contributed by atoms with Crippen molar-refractivity contribution in [3.05, 3.63) is 107 Å². The third-order valence-corrected chi connectivity index (χ3v) is 7.41. The lowest BCUT2D eigenvalue weighted by Gasteiger charge is -2.37. The molecular weight excluding hydrogens is 436 g/mol. The molecule has 34 heavy (non-hydrogen) atoms. The fourth-order valence-corrected chi connectivity index (χ4v) is 6.14. The highest BCUT2D eigenvalue weighted by Crippen LogP contribution is 2.60. The van der Waals surface area contributed by atoms with Crippen molar-refractivity contribution in [1.82, 2.24) is 0 Å². The summed E-state index contributed by atoms with van der Waals surface area (Å²) < 4.78 is 27.8. The molecule has 6 rings (SSSR count). The first-order valence-electron chi connectivity index (χ1n) is 11.1. The quantitative estimate of drug-likeness (QED) is 0.511. The van der Waals surface area contributed by atoms with Gasteiger partial charge in [0.1, 0.15) is 17.0 Å². The third-order valence-electron chi connectivity index (χ3n) is 7.41. The molecular formula is C28H19F2NO3. The summed E-state index contributed by atoms with van der Waals surface area (Å²) in [5.41, 5.74) is 0.703. The molecule has 3 aliphatic rings. The molecule has 0 amide bonds. The van der Waals surface area contributed by atoms with Crippen molar-refractivity contribution < 1.29 is 23.2 Å². The molecule has 1 aliphatic carbocycles. The highest BCUT2D eigenvalue weighted by Gasteiger charge is 2.71. The van der Waals surface area contributed by atoms with E-state index in [1.807, 2.05) is 0 Å². The van der Waals surface area contributed by atoms with E-state index in [0.29, 0.717) is 27.9 Å². The number of anilines is 1. The highest BCUT2D eigenvalue weighted by molar-refractivity contribution is 6.32. The monoisotopic (exact) mass is 455 g/mol. The van der Waals surface area contributed by atoms with Crippen molar-refractivity contribution in [2.75, 3.05) is 4.90 Å². The van der Waals surface area contributed by atoms with Crippen LogP contribution in [0.3, 0.4) is 0 Å². The summed E-state index contributed by atoms with van der Waals surface area (Å²) in [6, 6.07) is 14.9. The van der Waals surface area contributed by atoms with Crippen LogP contribution < -0.4 is 4.90 Å². The van der Waals surface area contributed by atoms with Crippen LogP contribution in [-0.4, -0.2) is 29.4 Å². The zero-order valence-corrected chi connectivity index (χ0v) is 18.2. The van der Waals surface area contributed by atoms with Gasteiger partial charge in [0.05, 0.1) is 12.1 Å². The van der Waals surface area contributed by atoms with Gasteiger partial charge < -0.3 is 4.90 Å². The van der Waals surface area contributed by atoms with Crippen LogP contribution in [0.15, 0.2) is 72.8 Å². The number of carbonyl (C=O) groups excluding carboxylic acids is 3. The van der Waals surface area contributed by atoms with Gasteiger partial charge in [-0.05, 0) is 42.8 Å². The summed E-state index contributed by atoms with van der Waals surface area (Å²) >= 11 is 0. The van der Waals surface area contributed by atoms with Gasteiger partial charge in [-0.2, -0.15) is 0 Å². The number of benzene rings is 3. The average Bonchev–Trinajstić information content (AvgIpc) is 3.26. The van der Waals surface area contributed by atoms with Gasteiger partial charge >= 0.3 is 0 Å². The molecule has 3 aromatic rings. The van der Waals surface area contributed by atoms with E-state index in [9.17, 15) is 23.2 Å². The Labute approximate surface area is 194 Å². The highest BCUT2D eigenvalue weighted by atomic mass is 19.1. The van der Waals surface area contributed by atoms with E-state index in [1.165, 1.54) is 43.3 Å². The maximum atomic E-state index is 14.1. The predicted molar refractivity (Wildman–Crippen MR) is 123 cm³/mol. The van der Waals surface area contributed by atoms with Crippen LogP contribution in [0.4, 0.5) is 14.5 Å². The van der Waals surface area contributed by atoms with Crippen LogP contribution in [0.1, 0.15) is 44.7 Å². The Hall–Kier alpha value is -3.93. The molecule has 2 aliphatic heterocycles. The van der Waals surface area contributed by atoms with E-state index < -0.39 is 35.1 Å². The lowest BCUT2D eigenvalue weighted by molar-refractivity contribution is -0.118. The first-order valence-corrected chi connectivity index (χ1v) is 11.1. The van der Waals surface area contributed by atoms with Crippen molar-refractivity contribution in [2.45, 2.75) is 24.9 Å². The van der Waals surface area contributed by atoms with Crippen molar-refractivity contribution >= 4 is 29.1 Å². The Bertz CT molecular complexity index is 1390. The molecule has 6 heteroatoms. The molecule has 0 aromatic heterocycles. The number of halogens is 2. The predicted octanol–water partition coefficient (Wildman–Crippen LogP) is 4.99. The SMILES string of the molecule is CC(=O)C1C(c2ccc(F)cc2)C2(C(=O)c3ccccc3C2=O)C2C=Cc3cc(F)ccc3N12. The first-order chi connectivity index (χ1) is 16.4. The molecule has 3 atom stereocenters. The third kappa shape index (κ3) is 2.48. The van der Waals surface area contributed by atoms with Gasteiger partial charge in [0.2, 0.25) is 0 Å². The van der Waals surface area contributed by atoms with Crippen LogP contribution in [0.5, 0.6) is 0 Å². The molecule has 1 saturated heterocycles. The second-order valence-corrected chi connectivity index (χ2v) is 9.07. The normalized spacial score (nSPS) is 23.7. The summed E-state index contributed by atoms with van der Waals surface area (Å²) in [5, 5.41) is 0. The van der Waals surface area contributed by atoms with E-state index in [-0.39, 0.29) is 17.3 Å². The number of ketones is 3. The Morgan fingerprint density at radius 3 is 2.12 bits per heavy atom. The van der Waals surface area contributed by atoms with Gasteiger partial charge in [-0.15, -0.1) is 0 Å². The fourth-order valence-electron chi connectivity index (χ4n) is 6.14. The molecule has 168 valence electrons. The van der Waals surface area contributed by atoms with Crippen LogP contribution in [0, 0.1) is 17.0 Å². The van der Waals surface area contributed by atoms with Gasteiger partial charge in [-0.3, -0.25) is 14.4 Å². The summed E-state index contributed by atoms with van der Waals surface area (Å²) in [7, 11) is 0. The van der Waals surface area contributed by atoms with Gasteiger partial charge in [0.15, 0.2) is 17.3 Å². The minimum absolute atomic E-state index is 0.238. The van der Waals surface area contributed by atoms with Crippen LogP contribution in [0.2, 0.25) is 0 Å². The van der Waals surface area contributed by atoms with Gasteiger partial charge in [0.25, 0.3) is 0 Å². The Morgan fingerprint density at radius 2 is 1.50 bits per heavy atom.